The average molecular weight is 495 g/mol. The van der Waals surface area contributed by atoms with Crippen LogP contribution in [0.4, 0.5) is 11.6 Å². The molecule has 1 aliphatic heterocycles. The van der Waals surface area contributed by atoms with Crippen LogP contribution in [0.3, 0.4) is 0 Å². The number of nitrogens with one attached hydrogen (secondary N) is 1. The Hall–Kier alpha value is -3.08. The van der Waals surface area contributed by atoms with Crippen molar-refractivity contribution in [3.8, 4) is 0 Å². The van der Waals surface area contributed by atoms with Gasteiger partial charge in [0.2, 0.25) is 16.0 Å². The van der Waals surface area contributed by atoms with Crippen LogP contribution in [0.5, 0.6) is 0 Å². The Labute approximate surface area is 205 Å². The first-order chi connectivity index (χ1) is 16.8. The van der Waals surface area contributed by atoms with E-state index in [9.17, 15) is 13.2 Å². The third-order valence-corrected chi connectivity index (χ3v) is 8.11. The number of aromatic nitrogens is 3. The first-order valence-corrected chi connectivity index (χ1v) is 13.4. The van der Waals surface area contributed by atoms with E-state index in [1.54, 1.807) is 18.2 Å². The van der Waals surface area contributed by atoms with E-state index in [4.69, 9.17) is 5.14 Å². The van der Waals surface area contributed by atoms with Crippen molar-refractivity contribution in [2.24, 2.45) is 11.1 Å². The van der Waals surface area contributed by atoms with Gasteiger partial charge in [-0.2, -0.15) is 0 Å². The molecule has 1 saturated heterocycles. The van der Waals surface area contributed by atoms with Crippen LogP contribution < -0.4 is 16.0 Å². The zero-order valence-corrected chi connectivity index (χ0v) is 20.5. The standard InChI is InChI=1S/C25H30N6O3S/c1-30-10-2-3-23(30)18-4-9-24(32)31(16-18)15-17-11-19(12-17)20-13-27-25(28-14-20)29-21-5-7-22(8-6-21)35(26,33)34/h4-9,13-14,16-17,19,23H,2-3,10-12,15H2,1H3,(H2,26,33,34)(H,27,28,29). The number of nitrogens with two attached hydrogens (primary N) is 1. The Kier molecular flexibility index (Phi) is 6.43. The van der Waals surface area contributed by atoms with Crippen molar-refractivity contribution in [2.75, 3.05) is 18.9 Å². The largest absolute Gasteiger partial charge is 0.324 e. The van der Waals surface area contributed by atoms with E-state index in [1.807, 2.05) is 23.0 Å². The Bertz CT molecular complexity index is 1350. The molecular weight excluding hydrogens is 464 g/mol. The number of likely N-dealkylation sites (tertiary alicyclic amines) is 1. The molecule has 1 aromatic carbocycles. The Morgan fingerprint density at radius 2 is 1.77 bits per heavy atom. The third kappa shape index (κ3) is 5.29. The van der Waals surface area contributed by atoms with Crippen LogP contribution in [-0.4, -0.2) is 41.4 Å². The lowest BCUT2D eigenvalue weighted by atomic mass is 9.72. The summed E-state index contributed by atoms with van der Waals surface area (Å²) in [5.74, 6) is 1.29. The van der Waals surface area contributed by atoms with Crippen molar-refractivity contribution in [1.29, 1.82) is 0 Å². The van der Waals surface area contributed by atoms with E-state index < -0.39 is 10.0 Å². The van der Waals surface area contributed by atoms with Gasteiger partial charge in [0.25, 0.3) is 5.56 Å². The molecule has 3 heterocycles. The van der Waals surface area contributed by atoms with E-state index in [0.717, 1.165) is 37.9 Å². The normalized spacial score (nSPS) is 22.6. The highest BCUT2D eigenvalue weighted by molar-refractivity contribution is 7.89. The molecule has 1 atom stereocenters. The maximum atomic E-state index is 12.4. The summed E-state index contributed by atoms with van der Waals surface area (Å²) in [6.07, 6.45) is 10.1. The van der Waals surface area contributed by atoms with Crippen LogP contribution in [-0.2, 0) is 16.6 Å². The first kappa shape index (κ1) is 23.7. The van der Waals surface area contributed by atoms with Crippen molar-refractivity contribution in [2.45, 2.75) is 49.1 Å². The summed E-state index contributed by atoms with van der Waals surface area (Å²) in [6.45, 7) is 1.85. The average Bonchev–Trinajstić information content (AvgIpc) is 3.23. The van der Waals surface area contributed by atoms with Gasteiger partial charge in [-0.05, 0) is 86.5 Å². The number of primary sulfonamides is 1. The van der Waals surface area contributed by atoms with Gasteiger partial charge in [0.15, 0.2) is 0 Å². The van der Waals surface area contributed by atoms with Gasteiger partial charge in [0.1, 0.15) is 0 Å². The van der Waals surface area contributed by atoms with Crippen molar-refractivity contribution in [3.05, 3.63) is 76.5 Å². The third-order valence-electron chi connectivity index (χ3n) is 7.18. The molecule has 3 aromatic rings. The lowest BCUT2D eigenvalue weighted by molar-refractivity contribution is 0.229. The summed E-state index contributed by atoms with van der Waals surface area (Å²) in [6, 6.07) is 10.2. The fourth-order valence-corrected chi connectivity index (χ4v) is 5.64. The molecule has 0 radical (unpaired) electrons. The second-order valence-electron chi connectivity index (χ2n) is 9.66. The van der Waals surface area contributed by atoms with Gasteiger partial charge in [-0.15, -0.1) is 0 Å². The highest BCUT2D eigenvalue weighted by Gasteiger charge is 2.31. The molecule has 1 unspecified atom stereocenters. The number of benzene rings is 1. The molecule has 2 aliphatic rings. The predicted molar refractivity (Wildman–Crippen MR) is 134 cm³/mol. The smallest absolute Gasteiger partial charge is 0.250 e. The SMILES string of the molecule is CN1CCCC1c1ccc(=O)n(CC2CC(c3cnc(Nc4ccc(S(N)(=O)=O)cc4)nc3)C2)c1. The fraction of sp³-hybridized carbons (Fsp3) is 0.400. The highest BCUT2D eigenvalue weighted by Crippen LogP contribution is 2.42. The Morgan fingerprint density at radius 3 is 2.40 bits per heavy atom. The summed E-state index contributed by atoms with van der Waals surface area (Å²) < 4.78 is 24.6. The summed E-state index contributed by atoms with van der Waals surface area (Å²) in [5, 5.41) is 8.19. The molecule has 1 saturated carbocycles. The van der Waals surface area contributed by atoms with Crippen LogP contribution in [0.2, 0.25) is 0 Å². The van der Waals surface area contributed by atoms with Crippen LogP contribution in [0, 0.1) is 5.92 Å². The maximum Gasteiger partial charge on any atom is 0.250 e. The monoisotopic (exact) mass is 494 g/mol. The maximum absolute atomic E-state index is 12.4. The van der Waals surface area contributed by atoms with Gasteiger partial charge >= 0.3 is 0 Å². The first-order valence-electron chi connectivity index (χ1n) is 11.9. The van der Waals surface area contributed by atoms with Gasteiger partial charge in [-0.25, -0.2) is 23.5 Å². The zero-order valence-electron chi connectivity index (χ0n) is 19.7. The molecule has 10 heteroatoms. The van der Waals surface area contributed by atoms with Crippen molar-refractivity contribution >= 4 is 21.7 Å². The fourth-order valence-electron chi connectivity index (χ4n) is 5.13. The Morgan fingerprint density at radius 1 is 1.06 bits per heavy atom. The minimum Gasteiger partial charge on any atom is -0.324 e. The summed E-state index contributed by atoms with van der Waals surface area (Å²) in [4.78, 5) is 23.7. The highest BCUT2D eigenvalue weighted by atomic mass is 32.2. The number of hydrogen-bond donors (Lipinski definition) is 2. The molecular formula is C25H30N6O3S. The molecule has 0 spiro atoms. The van der Waals surface area contributed by atoms with E-state index in [0.29, 0.717) is 29.5 Å². The van der Waals surface area contributed by atoms with Crippen LogP contribution in [0.1, 0.15) is 48.8 Å². The number of hydrogen-bond acceptors (Lipinski definition) is 7. The van der Waals surface area contributed by atoms with Gasteiger partial charge in [0.05, 0.1) is 4.90 Å². The zero-order chi connectivity index (χ0) is 24.6. The van der Waals surface area contributed by atoms with Crippen LogP contribution in [0.15, 0.2) is 64.7 Å². The second-order valence-corrected chi connectivity index (χ2v) is 11.2. The lowest BCUT2D eigenvalue weighted by Crippen LogP contribution is -2.31. The number of rotatable bonds is 7. The molecule has 0 bridgehead atoms. The number of pyridine rings is 1. The van der Waals surface area contributed by atoms with Crippen molar-refractivity contribution < 1.29 is 8.42 Å². The minimum absolute atomic E-state index is 0.0544. The topological polar surface area (TPSA) is 123 Å². The number of nitrogens with zero attached hydrogens (tertiary/aromatic N) is 4. The molecule has 5 rings (SSSR count). The van der Waals surface area contributed by atoms with Crippen LogP contribution in [0.25, 0.3) is 0 Å². The van der Waals surface area contributed by atoms with Crippen molar-refractivity contribution in [1.82, 2.24) is 19.4 Å². The number of anilines is 2. The second kappa shape index (κ2) is 9.52. The van der Waals surface area contributed by atoms with Gasteiger partial charge in [-0.1, -0.05) is 6.07 Å². The number of sulfonamides is 1. The van der Waals surface area contributed by atoms with E-state index in [1.165, 1.54) is 24.1 Å². The molecule has 1 aliphatic carbocycles. The van der Waals surface area contributed by atoms with E-state index >= 15 is 0 Å². The predicted octanol–water partition coefficient (Wildman–Crippen LogP) is 2.99. The minimum atomic E-state index is -3.72. The van der Waals surface area contributed by atoms with Crippen molar-refractivity contribution in [3.63, 3.8) is 0 Å². The molecule has 184 valence electrons. The van der Waals surface area contributed by atoms with Crippen LogP contribution >= 0.6 is 0 Å². The summed E-state index contributed by atoms with van der Waals surface area (Å²) >= 11 is 0. The quantitative estimate of drug-likeness (QED) is 0.517. The lowest BCUT2D eigenvalue weighted by Gasteiger charge is -2.35. The molecule has 2 fully saturated rings. The Balaban J connectivity index is 1.16. The van der Waals surface area contributed by atoms with E-state index in [-0.39, 0.29) is 10.5 Å². The van der Waals surface area contributed by atoms with Gasteiger partial charge < -0.3 is 9.88 Å². The van der Waals surface area contributed by atoms with Gasteiger partial charge in [-0.3, -0.25) is 9.69 Å². The summed E-state index contributed by atoms with van der Waals surface area (Å²) in [7, 11) is -1.57. The molecule has 0 amide bonds. The molecule has 35 heavy (non-hydrogen) atoms. The molecule has 3 N–H and O–H groups in total. The van der Waals surface area contributed by atoms with E-state index in [2.05, 4.69) is 33.4 Å². The summed E-state index contributed by atoms with van der Waals surface area (Å²) in [5.41, 5.74) is 3.06. The van der Waals surface area contributed by atoms with Gasteiger partial charge in [0, 0.05) is 42.9 Å². The molecule has 2 aromatic heterocycles. The molecule has 9 nitrogen and oxygen atoms in total.